The third-order valence-corrected chi connectivity index (χ3v) is 3.42. The van der Waals surface area contributed by atoms with Crippen LogP contribution >= 0.6 is 0 Å². The van der Waals surface area contributed by atoms with Crippen molar-refractivity contribution in [1.82, 2.24) is 5.32 Å². The monoisotopic (exact) mass is 257 g/mol. The molecule has 0 spiro atoms. The van der Waals surface area contributed by atoms with Crippen molar-refractivity contribution >= 4 is 11.9 Å². The maximum atomic E-state index is 11.8. The fraction of sp³-hybridized carbons (Fsp3) is 0.846. The van der Waals surface area contributed by atoms with Gasteiger partial charge in [-0.2, -0.15) is 0 Å². The fourth-order valence-electron chi connectivity index (χ4n) is 2.43. The first-order valence-electron chi connectivity index (χ1n) is 6.60. The molecular weight excluding hydrogens is 234 g/mol. The highest BCUT2D eigenvalue weighted by Crippen LogP contribution is 2.27. The van der Waals surface area contributed by atoms with Crippen molar-refractivity contribution in [1.29, 1.82) is 0 Å². The Morgan fingerprint density at radius 1 is 1.00 bits per heavy atom. The summed E-state index contributed by atoms with van der Waals surface area (Å²) in [5.41, 5.74) is 0. The summed E-state index contributed by atoms with van der Waals surface area (Å²) in [5.74, 6) is -1.04. The summed E-state index contributed by atoms with van der Waals surface area (Å²) >= 11 is 0. The zero-order valence-electron chi connectivity index (χ0n) is 11.6. The summed E-state index contributed by atoms with van der Waals surface area (Å²) in [6.45, 7) is 8.18. The smallest absolute Gasteiger partial charge is 0.310 e. The van der Waals surface area contributed by atoms with E-state index >= 15 is 0 Å². The zero-order valence-corrected chi connectivity index (χ0v) is 11.6. The molecule has 5 nitrogen and oxygen atoms in total. The number of rotatable bonds is 4. The van der Waals surface area contributed by atoms with Gasteiger partial charge < -0.3 is 14.8 Å². The molecule has 0 aliphatic carbocycles. The van der Waals surface area contributed by atoms with Gasteiger partial charge in [0.15, 0.2) is 0 Å². The molecule has 0 saturated carbocycles. The van der Waals surface area contributed by atoms with Crippen molar-refractivity contribution in [3.63, 3.8) is 0 Å². The van der Waals surface area contributed by atoms with E-state index in [1.165, 1.54) is 0 Å². The molecular formula is C13H23NO4. The highest BCUT2D eigenvalue weighted by atomic mass is 16.5. The molecule has 0 radical (unpaired) electrons. The average molecular weight is 257 g/mol. The number of carbonyl (C=O) groups excluding carboxylic acids is 2. The van der Waals surface area contributed by atoms with E-state index in [1.54, 1.807) is 13.8 Å². The summed E-state index contributed by atoms with van der Waals surface area (Å²) in [6.07, 6.45) is 0.493. The summed E-state index contributed by atoms with van der Waals surface area (Å²) in [4.78, 5) is 23.7. The van der Waals surface area contributed by atoms with Gasteiger partial charge in [0, 0.05) is 12.1 Å². The van der Waals surface area contributed by atoms with Crippen LogP contribution in [0.2, 0.25) is 0 Å². The topological polar surface area (TPSA) is 64.6 Å². The first kappa shape index (κ1) is 15.0. The molecule has 1 saturated heterocycles. The molecule has 1 aliphatic rings. The molecule has 0 amide bonds. The predicted molar refractivity (Wildman–Crippen MR) is 66.9 cm³/mol. The van der Waals surface area contributed by atoms with Gasteiger partial charge in [-0.15, -0.1) is 0 Å². The lowest BCUT2D eigenvalue weighted by molar-refractivity contribution is -0.156. The zero-order chi connectivity index (χ0) is 13.7. The van der Waals surface area contributed by atoms with Crippen LogP contribution in [0.4, 0.5) is 0 Å². The van der Waals surface area contributed by atoms with Crippen molar-refractivity contribution in [3.8, 4) is 0 Å². The Hall–Kier alpha value is -1.10. The second-order valence-electron chi connectivity index (χ2n) is 4.70. The molecule has 0 aromatic carbocycles. The van der Waals surface area contributed by atoms with Crippen LogP contribution in [-0.4, -0.2) is 37.2 Å². The highest BCUT2D eigenvalue weighted by molar-refractivity contribution is 5.77. The van der Waals surface area contributed by atoms with Gasteiger partial charge in [0.1, 0.15) is 0 Å². The van der Waals surface area contributed by atoms with Crippen molar-refractivity contribution in [2.45, 2.75) is 46.2 Å². The van der Waals surface area contributed by atoms with Gasteiger partial charge in [0.2, 0.25) is 0 Å². The molecule has 0 aromatic rings. The van der Waals surface area contributed by atoms with E-state index in [0.717, 1.165) is 0 Å². The third kappa shape index (κ3) is 3.45. The van der Waals surface area contributed by atoms with Gasteiger partial charge in [-0.05, 0) is 34.1 Å². The second-order valence-corrected chi connectivity index (χ2v) is 4.70. The van der Waals surface area contributed by atoms with Crippen LogP contribution in [0, 0.1) is 11.8 Å². The molecule has 1 N–H and O–H groups in total. The largest absolute Gasteiger partial charge is 0.466 e. The lowest BCUT2D eigenvalue weighted by Gasteiger charge is -2.37. The van der Waals surface area contributed by atoms with Gasteiger partial charge in [0.25, 0.3) is 0 Å². The standard InChI is InChI=1S/C13H23NO4/c1-5-17-12(15)10-7-11(13(16)18-6-2)9(4)14-8(10)3/h8-11,14H,5-7H2,1-4H3/t8-,9+,10+,11-. The van der Waals surface area contributed by atoms with Crippen molar-refractivity contribution in [3.05, 3.63) is 0 Å². The minimum Gasteiger partial charge on any atom is -0.466 e. The first-order valence-corrected chi connectivity index (χ1v) is 6.60. The quantitative estimate of drug-likeness (QED) is 0.764. The van der Waals surface area contributed by atoms with Crippen LogP contribution < -0.4 is 5.32 Å². The van der Waals surface area contributed by atoms with E-state index in [9.17, 15) is 9.59 Å². The normalized spacial score (nSPS) is 31.8. The van der Waals surface area contributed by atoms with Gasteiger partial charge in [-0.1, -0.05) is 0 Å². The molecule has 4 atom stereocenters. The van der Waals surface area contributed by atoms with Crippen LogP contribution in [0.15, 0.2) is 0 Å². The van der Waals surface area contributed by atoms with Crippen molar-refractivity contribution < 1.29 is 19.1 Å². The molecule has 1 aliphatic heterocycles. The van der Waals surface area contributed by atoms with E-state index in [-0.39, 0.29) is 35.9 Å². The Balaban J connectivity index is 2.71. The Morgan fingerprint density at radius 2 is 1.39 bits per heavy atom. The van der Waals surface area contributed by atoms with E-state index in [0.29, 0.717) is 19.6 Å². The third-order valence-electron chi connectivity index (χ3n) is 3.42. The molecule has 1 heterocycles. The second kappa shape index (κ2) is 6.73. The maximum absolute atomic E-state index is 11.8. The van der Waals surface area contributed by atoms with Crippen LogP contribution in [0.3, 0.4) is 0 Å². The Labute approximate surface area is 108 Å². The van der Waals surface area contributed by atoms with Crippen molar-refractivity contribution in [2.75, 3.05) is 13.2 Å². The molecule has 1 rings (SSSR count). The van der Waals surface area contributed by atoms with Gasteiger partial charge in [-0.25, -0.2) is 0 Å². The number of ether oxygens (including phenoxy) is 2. The van der Waals surface area contributed by atoms with Crippen LogP contribution in [0.1, 0.15) is 34.1 Å². The molecule has 5 heteroatoms. The molecule has 1 fully saturated rings. The van der Waals surface area contributed by atoms with E-state index in [4.69, 9.17) is 9.47 Å². The summed E-state index contributed by atoms with van der Waals surface area (Å²) < 4.78 is 10.1. The van der Waals surface area contributed by atoms with E-state index in [2.05, 4.69) is 5.32 Å². The number of carbonyl (C=O) groups is 2. The Kier molecular flexibility index (Phi) is 5.59. The van der Waals surface area contributed by atoms with Crippen LogP contribution in [-0.2, 0) is 19.1 Å². The minimum atomic E-state index is -0.282. The lowest BCUT2D eigenvalue weighted by atomic mass is 9.81. The van der Waals surface area contributed by atoms with Gasteiger partial charge in [-0.3, -0.25) is 9.59 Å². The highest BCUT2D eigenvalue weighted by Gasteiger charge is 2.40. The van der Waals surface area contributed by atoms with Gasteiger partial charge >= 0.3 is 11.9 Å². The van der Waals surface area contributed by atoms with Crippen LogP contribution in [0.25, 0.3) is 0 Å². The molecule has 0 bridgehead atoms. The number of esters is 2. The number of nitrogens with one attached hydrogen (secondary N) is 1. The number of piperidine rings is 1. The van der Waals surface area contributed by atoms with Crippen molar-refractivity contribution in [2.24, 2.45) is 11.8 Å². The Morgan fingerprint density at radius 3 is 1.72 bits per heavy atom. The molecule has 0 aromatic heterocycles. The molecule has 104 valence electrons. The minimum absolute atomic E-state index is 0.0183. The first-order chi connectivity index (χ1) is 8.51. The fourth-order valence-corrected chi connectivity index (χ4v) is 2.43. The maximum Gasteiger partial charge on any atom is 0.310 e. The lowest BCUT2D eigenvalue weighted by Crippen LogP contribution is -2.54. The Bertz CT molecular complexity index is 277. The SMILES string of the molecule is CCOC(=O)[C@H]1C[C@@H](C(=O)OCC)[C@H](C)N[C@@H]1C. The summed E-state index contributed by atoms with van der Waals surface area (Å²) in [5, 5.41) is 3.26. The van der Waals surface area contributed by atoms with Gasteiger partial charge in [0.05, 0.1) is 25.0 Å². The number of hydrogen-bond donors (Lipinski definition) is 1. The summed E-state index contributed by atoms with van der Waals surface area (Å²) in [7, 11) is 0. The van der Waals surface area contributed by atoms with E-state index < -0.39 is 0 Å². The average Bonchev–Trinajstić information content (AvgIpc) is 2.29. The molecule has 18 heavy (non-hydrogen) atoms. The summed E-state index contributed by atoms with van der Waals surface area (Å²) in [6, 6.07) is 0.0365. The predicted octanol–water partition coefficient (Wildman–Crippen LogP) is 1.12. The van der Waals surface area contributed by atoms with E-state index in [1.807, 2.05) is 13.8 Å². The molecule has 0 unspecified atom stereocenters. The number of hydrogen-bond acceptors (Lipinski definition) is 5. The van der Waals surface area contributed by atoms with Crippen LogP contribution in [0.5, 0.6) is 0 Å².